The van der Waals surface area contributed by atoms with Gasteiger partial charge in [0, 0.05) is 65.7 Å². The van der Waals surface area contributed by atoms with Gasteiger partial charge in [-0.05, 0) is 183 Å². The summed E-state index contributed by atoms with van der Waals surface area (Å²) in [5.74, 6) is 13.3. The van der Waals surface area contributed by atoms with Crippen LogP contribution in [0.5, 0.6) is 0 Å². The third kappa shape index (κ3) is 463. The number of aromatic nitrogens is 25. The maximum absolute atomic E-state index is 4.58. The van der Waals surface area contributed by atoms with Gasteiger partial charge in [0.15, 0.2) is 12.7 Å². The number of furan rings is 1. The first-order valence-electron chi connectivity index (χ1n) is 49.0. The Hall–Kier alpha value is -10.4. The summed E-state index contributed by atoms with van der Waals surface area (Å²) < 4.78 is 32.9. The van der Waals surface area contributed by atoms with Crippen molar-refractivity contribution in [1.29, 1.82) is 0 Å². The maximum Gasteiger partial charge on any atom is 0.213 e. The number of nitrogens with zero attached hydrogens (tertiary/aromatic N) is 20. The molecule has 0 aliphatic rings. The molecule has 832 valence electrons. The van der Waals surface area contributed by atoms with Crippen molar-refractivity contribution in [1.82, 2.24) is 124 Å². The van der Waals surface area contributed by atoms with Crippen molar-refractivity contribution in [2.75, 3.05) is 0 Å². The van der Waals surface area contributed by atoms with Crippen molar-refractivity contribution in [3.8, 4) is 0 Å². The highest BCUT2D eigenvalue weighted by atomic mass is 32.1. The van der Waals surface area contributed by atoms with Crippen LogP contribution in [0.1, 0.15) is 332 Å². The Morgan fingerprint density at radius 3 is 0.764 bits per heavy atom. The summed E-state index contributed by atoms with van der Waals surface area (Å²) in [5, 5.41) is 51.6. The average molecular weight is 2130 g/mol. The molecule has 0 fully saturated rings. The zero-order valence-electron chi connectivity index (χ0n) is 98.6. The number of thiazole rings is 1. The van der Waals surface area contributed by atoms with Gasteiger partial charge in [0.25, 0.3) is 0 Å². The third-order valence-electron chi connectivity index (χ3n) is 5.62. The lowest BCUT2D eigenvalue weighted by Crippen LogP contribution is -1.66. The van der Waals surface area contributed by atoms with E-state index in [0.29, 0.717) is 0 Å². The van der Waals surface area contributed by atoms with E-state index in [0.717, 1.165) is 94.7 Å². The smallest absolute Gasteiger partial charge is 0.213 e. The first-order valence-corrected chi connectivity index (χ1v) is 54.3. The number of oxazole rings is 1. The zero-order chi connectivity index (χ0) is 114. The molecule has 144 heavy (non-hydrogen) atoms. The number of H-pyrrole nitrogens is 5. The predicted octanol–water partition coefficient (Wildman–Crippen LogP) is 36.5. The second-order valence-electron chi connectivity index (χ2n) is 38.6. The van der Waals surface area contributed by atoms with Gasteiger partial charge >= 0.3 is 0 Å². The molecule has 0 atom stereocenters. The van der Waals surface area contributed by atoms with Gasteiger partial charge in [-0.1, -0.05) is 359 Å². The van der Waals surface area contributed by atoms with E-state index < -0.39 is 0 Å². The first-order chi connectivity index (χ1) is 67.7. The van der Waals surface area contributed by atoms with Crippen molar-refractivity contribution in [2.45, 2.75) is 332 Å². The maximum atomic E-state index is 4.58. The van der Waals surface area contributed by atoms with Gasteiger partial charge in [-0.25, -0.2) is 34.3 Å². The monoisotopic (exact) mass is 2130 g/mol. The molecular formula is C108H209N25O5S6. The molecule has 16 aromatic rings. The minimum atomic E-state index is 0.833. The van der Waals surface area contributed by atoms with Crippen molar-refractivity contribution >= 4 is 68.6 Å². The Balaban J connectivity index is -0.0000000840. The summed E-state index contributed by atoms with van der Waals surface area (Å²) in [6.45, 7) is 104. The Kier molecular flexibility index (Phi) is 196. The van der Waals surface area contributed by atoms with E-state index in [-0.39, 0.29) is 0 Å². The van der Waals surface area contributed by atoms with Crippen molar-refractivity contribution in [3.63, 3.8) is 0 Å². The standard InChI is InChI=1S/C4H5N.C4H4O.C4H4S.16C4H10.2C3H4N2.2C3H3NO.2C3H3NS.2C2H3N3.2C2H2N2O.3C2H2N2S/c3*1-2-4-5-3-1;16*1-4(2)3;1-2-5-3-4-1;1-2-4-5-3-1;1-2-5-3-4-1;1-2-4-5-3-1;1-2-5-3-4-1;1-2-4-5-3-1;2*1-3-2-5-4-1;1-3-4-2-5-1;1-3-2-5-4-1;1-3-4-2-5-1;1-3-2-5-4-1;1-2-5-4-3-1/h1-5H;2*1-4H;16*4H,1-3H3;2*1-3H,(H,4,5);4*1-3H;2*1-2H,(H,3,4,5);5*1-2H. The van der Waals surface area contributed by atoms with Crippen LogP contribution in [0.15, 0.2) is 289 Å². The van der Waals surface area contributed by atoms with Crippen LogP contribution in [0, 0.1) is 94.7 Å². The zero-order valence-corrected chi connectivity index (χ0v) is 103. The lowest BCUT2D eigenvalue weighted by molar-refractivity contribution is 0.416. The lowest BCUT2D eigenvalue weighted by Gasteiger charge is -1.79. The summed E-state index contributed by atoms with van der Waals surface area (Å²) >= 11 is 8.97. The fourth-order valence-corrected chi connectivity index (χ4v) is 4.85. The van der Waals surface area contributed by atoms with Crippen molar-refractivity contribution < 1.29 is 22.3 Å². The fraction of sp³-hybridized carbons (Fsp3) is 0.593. The average Bonchev–Trinajstić information content (AvgIpc) is 2.12. The van der Waals surface area contributed by atoms with Crippen LogP contribution in [0.2, 0.25) is 0 Å². The molecule has 0 unspecified atom stereocenters. The van der Waals surface area contributed by atoms with Crippen LogP contribution in [-0.4, -0.2) is 124 Å². The highest BCUT2D eigenvalue weighted by Gasteiger charge is 1.77. The Morgan fingerprint density at radius 1 is 0.208 bits per heavy atom. The highest BCUT2D eigenvalue weighted by Crippen LogP contribution is 1.94. The van der Waals surface area contributed by atoms with Gasteiger partial charge in [0.05, 0.1) is 43.0 Å². The summed E-state index contributed by atoms with van der Waals surface area (Å²) in [7, 11) is 0. The van der Waals surface area contributed by atoms with Gasteiger partial charge in [-0.15, -0.1) is 48.2 Å². The summed E-state index contributed by atoms with van der Waals surface area (Å²) in [5.41, 5.74) is 6.83. The molecule has 30 nitrogen and oxygen atoms in total. The minimum absolute atomic E-state index is 0.833. The molecule has 16 rings (SSSR count). The van der Waals surface area contributed by atoms with Crippen LogP contribution in [0.25, 0.3) is 0 Å². The third-order valence-corrected chi connectivity index (χ3v) is 8.59. The topological polar surface area (TPSA) is 402 Å². The molecule has 0 radical (unpaired) electrons. The predicted molar refractivity (Wildman–Crippen MR) is 628 cm³/mol. The molecule has 16 heterocycles. The van der Waals surface area contributed by atoms with Crippen LogP contribution < -0.4 is 0 Å². The van der Waals surface area contributed by atoms with Crippen LogP contribution in [-0.2, 0) is 0 Å². The number of imidazole rings is 1. The van der Waals surface area contributed by atoms with E-state index in [4.69, 9.17) is 0 Å². The number of aromatic amines is 5. The molecule has 0 saturated heterocycles. The first kappa shape index (κ1) is 170. The van der Waals surface area contributed by atoms with E-state index in [1.54, 1.807) is 125 Å². The largest absolute Gasteiger partial charge is 0.473 e. The quantitative estimate of drug-likeness (QED) is 0.0941. The molecule has 5 N–H and O–H groups in total. The Morgan fingerprint density at radius 2 is 0.660 bits per heavy atom. The molecule has 0 amide bonds. The van der Waals surface area contributed by atoms with Crippen molar-refractivity contribution in [3.05, 3.63) is 267 Å². The number of rotatable bonds is 0. The Labute approximate surface area is 902 Å². The fourth-order valence-electron chi connectivity index (χ4n) is 2.88. The number of hydrogen-bond donors (Lipinski definition) is 5. The molecule has 0 saturated carbocycles. The van der Waals surface area contributed by atoms with Crippen LogP contribution in [0.4, 0.5) is 0 Å². The molecular weight excluding hydrogens is 1920 g/mol. The SMILES string of the molecule is CC(C)C.CC(C)C.CC(C)C.CC(C)C.CC(C)C.CC(C)C.CC(C)C.CC(C)C.CC(C)C.CC(C)C.CC(C)C.CC(C)C.CC(C)C.CC(C)C.CC(C)C.CC(C)C.c1c[nH]cn1.c1cc[nH]c1.c1ccoc1.c1ccsc1.c1cn[nH]c1.c1cnoc1.c1cnsc1.c1cocn1.c1cscn1.c1csnn1.c1nc[nH]n1.c1nc[nH]n1.c1ncon1.c1ncsn1.c1nnco1.c1nncs1. The van der Waals surface area contributed by atoms with Gasteiger partial charge in [-0.2, -0.15) is 31.0 Å². The van der Waals surface area contributed by atoms with E-state index in [2.05, 4.69) is 479 Å². The van der Waals surface area contributed by atoms with Gasteiger partial charge in [0.2, 0.25) is 19.2 Å². The molecule has 36 heteroatoms. The summed E-state index contributed by atoms with van der Waals surface area (Å²) in [6, 6.07) is 17.1. The lowest BCUT2D eigenvalue weighted by atomic mass is 10.3. The summed E-state index contributed by atoms with van der Waals surface area (Å²) in [6.07, 6.45) is 40.9. The highest BCUT2D eigenvalue weighted by molar-refractivity contribution is 7.08. The molecule has 0 aromatic carbocycles. The molecule has 0 aliphatic carbocycles. The normalized spacial score (nSPS) is 8.44. The van der Waals surface area contributed by atoms with Crippen LogP contribution >= 0.6 is 68.6 Å². The Bertz CT molecular complexity index is 2530. The van der Waals surface area contributed by atoms with Gasteiger partial charge in [0.1, 0.15) is 60.7 Å². The van der Waals surface area contributed by atoms with Gasteiger partial charge < -0.3 is 32.3 Å². The second-order valence-corrected chi connectivity index (χ2v) is 42.9. The van der Waals surface area contributed by atoms with E-state index >= 15 is 0 Å². The van der Waals surface area contributed by atoms with Gasteiger partial charge in [-0.3, -0.25) is 20.3 Å². The summed E-state index contributed by atoms with van der Waals surface area (Å²) in [4.78, 5) is 30.8. The van der Waals surface area contributed by atoms with Crippen LogP contribution in [0.3, 0.4) is 0 Å². The molecule has 0 aliphatic heterocycles. The number of nitrogens with one attached hydrogen (secondary N) is 5. The number of thiophene rings is 1. The second kappa shape index (κ2) is 166. The molecule has 0 spiro atoms. The molecule has 0 bridgehead atoms. The van der Waals surface area contributed by atoms with E-state index in [9.17, 15) is 0 Å². The van der Waals surface area contributed by atoms with E-state index in [1.165, 1.54) is 122 Å². The van der Waals surface area contributed by atoms with Crippen molar-refractivity contribution in [2.24, 2.45) is 94.7 Å². The number of hydrogen-bond acceptors (Lipinski definition) is 31. The van der Waals surface area contributed by atoms with E-state index in [1.807, 2.05) is 87.8 Å². The minimum Gasteiger partial charge on any atom is -0.473 e. The molecule has 16 aromatic heterocycles.